The lowest BCUT2D eigenvalue weighted by Crippen LogP contribution is -2.36. The van der Waals surface area contributed by atoms with Gasteiger partial charge in [-0.25, -0.2) is 0 Å². The molecule has 1 aliphatic carbocycles. The van der Waals surface area contributed by atoms with Crippen LogP contribution in [0.3, 0.4) is 0 Å². The first-order valence-corrected chi connectivity index (χ1v) is 9.93. The van der Waals surface area contributed by atoms with E-state index in [1.54, 1.807) is 18.2 Å². The van der Waals surface area contributed by atoms with Crippen LogP contribution in [0, 0.1) is 5.92 Å². The quantitative estimate of drug-likeness (QED) is 0.797. The van der Waals surface area contributed by atoms with Crippen LogP contribution in [-0.4, -0.2) is 25.1 Å². The highest BCUT2D eigenvalue weighted by atomic mass is 35.5. The van der Waals surface area contributed by atoms with E-state index < -0.39 is 11.9 Å². The number of benzene rings is 2. The largest absolute Gasteiger partial charge is 0.492 e. The number of nitrogens with one attached hydrogen (secondary N) is 1. The van der Waals surface area contributed by atoms with Crippen molar-refractivity contribution in [2.45, 2.75) is 31.7 Å². The SMILES string of the molecule is O=C(COC(=O)[C@@H]1COc2ccc(Cl)cc2C1)N[C@@H]1CCCc2ccccc21. The fourth-order valence-corrected chi connectivity index (χ4v) is 4.10. The van der Waals surface area contributed by atoms with Crippen LogP contribution < -0.4 is 10.1 Å². The molecule has 2 aliphatic rings. The standard InChI is InChI=1S/C22H22ClNO4/c23-17-8-9-20-15(11-17)10-16(12-27-20)22(26)28-13-21(25)24-19-7-3-5-14-4-1-2-6-18(14)19/h1-2,4,6,8-9,11,16,19H,3,5,7,10,12-13H2,(H,24,25)/t16-,19+/m0/s1. The number of carbonyl (C=O) groups is 2. The molecule has 0 saturated heterocycles. The molecule has 1 amide bonds. The molecule has 1 N–H and O–H groups in total. The molecule has 28 heavy (non-hydrogen) atoms. The molecule has 2 aromatic carbocycles. The Balaban J connectivity index is 1.30. The second-order valence-corrected chi connectivity index (χ2v) is 7.72. The molecule has 0 aromatic heterocycles. The Kier molecular flexibility index (Phi) is 5.53. The maximum Gasteiger partial charge on any atom is 0.313 e. The number of hydrogen-bond acceptors (Lipinski definition) is 4. The Morgan fingerprint density at radius 2 is 2.04 bits per heavy atom. The van der Waals surface area contributed by atoms with Crippen LogP contribution >= 0.6 is 11.6 Å². The molecule has 1 heterocycles. The lowest BCUT2D eigenvalue weighted by atomic mass is 9.88. The molecule has 0 saturated carbocycles. The van der Waals surface area contributed by atoms with E-state index >= 15 is 0 Å². The van der Waals surface area contributed by atoms with Gasteiger partial charge in [-0.1, -0.05) is 35.9 Å². The van der Waals surface area contributed by atoms with Crippen molar-refractivity contribution in [3.8, 4) is 5.75 Å². The van der Waals surface area contributed by atoms with Gasteiger partial charge in [-0.05, 0) is 60.6 Å². The van der Waals surface area contributed by atoms with E-state index in [1.165, 1.54) is 5.56 Å². The van der Waals surface area contributed by atoms with Gasteiger partial charge in [0.2, 0.25) is 0 Å². The number of fused-ring (bicyclic) bond motifs is 2. The Morgan fingerprint density at radius 1 is 1.18 bits per heavy atom. The summed E-state index contributed by atoms with van der Waals surface area (Å²) in [5.74, 6) is -0.406. The van der Waals surface area contributed by atoms with Crippen molar-refractivity contribution in [2.24, 2.45) is 5.92 Å². The molecule has 0 bridgehead atoms. The molecule has 6 heteroatoms. The zero-order valence-corrected chi connectivity index (χ0v) is 16.2. The van der Waals surface area contributed by atoms with Crippen molar-refractivity contribution < 1.29 is 19.1 Å². The highest BCUT2D eigenvalue weighted by molar-refractivity contribution is 6.30. The van der Waals surface area contributed by atoms with Crippen LogP contribution in [0.15, 0.2) is 42.5 Å². The van der Waals surface area contributed by atoms with Crippen LogP contribution in [-0.2, 0) is 27.2 Å². The van der Waals surface area contributed by atoms with Crippen LogP contribution in [0.2, 0.25) is 5.02 Å². The molecule has 0 unspecified atom stereocenters. The molecule has 1 aliphatic heterocycles. The third-order valence-electron chi connectivity index (χ3n) is 5.31. The number of esters is 1. The highest BCUT2D eigenvalue weighted by Gasteiger charge is 2.28. The smallest absolute Gasteiger partial charge is 0.313 e. The highest BCUT2D eigenvalue weighted by Crippen LogP contribution is 2.31. The van der Waals surface area contributed by atoms with Crippen LogP contribution in [0.5, 0.6) is 5.75 Å². The minimum atomic E-state index is -0.436. The number of aryl methyl sites for hydroxylation is 1. The zero-order chi connectivity index (χ0) is 19.5. The summed E-state index contributed by atoms with van der Waals surface area (Å²) in [5.41, 5.74) is 3.30. The van der Waals surface area contributed by atoms with Gasteiger partial charge in [0.05, 0.1) is 12.0 Å². The number of carbonyl (C=O) groups excluding carboxylic acids is 2. The van der Waals surface area contributed by atoms with E-state index in [0.29, 0.717) is 11.4 Å². The molecule has 146 valence electrons. The molecular formula is C22H22ClNO4. The maximum absolute atomic E-state index is 12.4. The molecule has 2 atom stereocenters. The minimum absolute atomic E-state index is 0.0248. The monoisotopic (exact) mass is 399 g/mol. The second-order valence-electron chi connectivity index (χ2n) is 7.28. The molecule has 5 nitrogen and oxygen atoms in total. The average molecular weight is 400 g/mol. The first kappa shape index (κ1) is 18.8. The predicted molar refractivity (Wildman–Crippen MR) is 105 cm³/mol. The first-order valence-electron chi connectivity index (χ1n) is 9.55. The molecule has 0 radical (unpaired) electrons. The van der Waals surface area contributed by atoms with E-state index in [-0.39, 0.29) is 25.2 Å². The molecular weight excluding hydrogens is 378 g/mol. The van der Waals surface area contributed by atoms with Gasteiger partial charge in [0.25, 0.3) is 5.91 Å². The fraction of sp³-hybridized carbons (Fsp3) is 0.364. The van der Waals surface area contributed by atoms with E-state index in [2.05, 4.69) is 11.4 Å². The van der Waals surface area contributed by atoms with E-state index in [0.717, 1.165) is 36.1 Å². The minimum Gasteiger partial charge on any atom is -0.492 e. The summed E-state index contributed by atoms with van der Waals surface area (Å²) in [6, 6.07) is 13.5. The van der Waals surface area contributed by atoms with Gasteiger partial charge in [-0.3, -0.25) is 9.59 Å². The van der Waals surface area contributed by atoms with Gasteiger partial charge in [-0.2, -0.15) is 0 Å². The number of rotatable bonds is 4. The summed E-state index contributed by atoms with van der Waals surface area (Å²) in [6.45, 7) is -0.0402. The summed E-state index contributed by atoms with van der Waals surface area (Å²) < 4.78 is 10.9. The first-order chi connectivity index (χ1) is 13.6. The van der Waals surface area contributed by atoms with Gasteiger partial charge in [0, 0.05) is 5.02 Å². The van der Waals surface area contributed by atoms with Gasteiger partial charge >= 0.3 is 5.97 Å². The summed E-state index contributed by atoms with van der Waals surface area (Å²) in [6.07, 6.45) is 3.45. The Labute approximate surface area is 169 Å². The van der Waals surface area contributed by atoms with Gasteiger partial charge in [0.15, 0.2) is 6.61 Å². The Morgan fingerprint density at radius 3 is 2.93 bits per heavy atom. The van der Waals surface area contributed by atoms with Crippen LogP contribution in [0.25, 0.3) is 0 Å². The normalized spacial score (nSPS) is 20.3. The average Bonchev–Trinajstić information content (AvgIpc) is 2.71. The Bertz CT molecular complexity index is 898. The van der Waals surface area contributed by atoms with Crippen molar-refractivity contribution in [2.75, 3.05) is 13.2 Å². The second kappa shape index (κ2) is 8.23. The van der Waals surface area contributed by atoms with Gasteiger partial charge in [0.1, 0.15) is 12.4 Å². The summed E-state index contributed by atoms with van der Waals surface area (Å²) in [5, 5.41) is 3.59. The molecule has 0 fully saturated rings. The Hall–Kier alpha value is -2.53. The van der Waals surface area contributed by atoms with Crippen molar-refractivity contribution in [3.63, 3.8) is 0 Å². The lowest BCUT2D eigenvalue weighted by molar-refractivity contribution is -0.154. The third-order valence-corrected chi connectivity index (χ3v) is 5.55. The van der Waals surface area contributed by atoms with Crippen LogP contribution in [0.1, 0.15) is 35.6 Å². The summed E-state index contributed by atoms with van der Waals surface area (Å²) >= 11 is 6.01. The molecule has 4 rings (SSSR count). The number of hydrogen-bond donors (Lipinski definition) is 1. The van der Waals surface area contributed by atoms with E-state index in [4.69, 9.17) is 21.1 Å². The lowest BCUT2D eigenvalue weighted by Gasteiger charge is -2.26. The van der Waals surface area contributed by atoms with Crippen molar-refractivity contribution in [1.82, 2.24) is 5.32 Å². The van der Waals surface area contributed by atoms with Crippen molar-refractivity contribution in [3.05, 3.63) is 64.2 Å². The zero-order valence-electron chi connectivity index (χ0n) is 15.4. The van der Waals surface area contributed by atoms with Crippen molar-refractivity contribution in [1.29, 1.82) is 0 Å². The predicted octanol–water partition coefficient (Wildman–Crippen LogP) is 3.63. The number of ether oxygens (including phenoxy) is 2. The van der Waals surface area contributed by atoms with Gasteiger partial charge < -0.3 is 14.8 Å². The summed E-state index contributed by atoms with van der Waals surface area (Å²) in [7, 11) is 0. The number of halogens is 1. The topological polar surface area (TPSA) is 64.6 Å². The fourth-order valence-electron chi connectivity index (χ4n) is 3.91. The van der Waals surface area contributed by atoms with E-state index in [1.807, 2.05) is 18.2 Å². The maximum atomic E-state index is 12.4. The van der Waals surface area contributed by atoms with Crippen LogP contribution in [0.4, 0.5) is 0 Å². The third kappa shape index (κ3) is 4.14. The van der Waals surface area contributed by atoms with Crippen molar-refractivity contribution >= 4 is 23.5 Å². The van der Waals surface area contributed by atoms with E-state index in [9.17, 15) is 9.59 Å². The van der Waals surface area contributed by atoms with Gasteiger partial charge in [-0.15, -0.1) is 0 Å². The number of amides is 1. The molecule has 2 aromatic rings. The summed E-state index contributed by atoms with van der Waals surface area (Å²) in [4.78, 5) is 24.7. The molecule has 0 spiro atoms.